The number of hydrogen-bond donors (Lipinski definition) is 1. The van der Waals surface area contributed by atoms with Crippen molar-refractivity contribution in [3.63, 3.8) is 0 Å². The molecule has 0 radical (unpaired) electrons. The Balaban J connectivity index is 2.87. The molecule has 0 unspecified atom stereocenters. The topological polar surface area (TPSA) is 12.0 Å². The molecule has 0 saturated carbocycles. The van der Waals surface area contributed by atoms with Crippen molar-refractivity contribution in [1.82, 2.24) is 5.32 Å². The fourth-order valence-corrected chi connectivity index (χ4v) is 2.35. The third kappa shape index (κ3) is 2.63. The van der Waals surface area contributed by atoms with Crippen LogP contribution in [-0.4, -0.2) is 6.54 Å². The molecule has 0 bridgehead atoms. The third-order valence-corrected chi connectivity index (χ3v) is 2.90. The van der Waals surface area contributed by atoms with Crippen molar-refractivity contribution in [2.75, 3.05) is 6.54 Å². The molecule has 1 fully saturated rings. The largest absolute Gasteiger partial charge is 0.388 e. The van der Waals surface area contributed by atoms with Crippen LogP contribution in [0, 0.1) is 11.8 Å². The normalized spacial score (nSPS) is 26.4. The van der Waals surface area contributed by atoms with Crippen molar-refractivity contribution < 1.29 is 0 Å². The van der Waals surface area contributed by atoms with Crippen molar-refractivity contribution >= 4 is 0 Å². The smallest absolute Gasteiger partial charge is 0.0213 e. The molecule has 0 aromatic rings. The van der Waals surface area contributed by atoms with E-state index in [2.05, 4.69) is 38.7 Å². The molecule has 1 N–H and O–H groups in total. The highest BCUT2D eigenvalue weighted by atomic mass is 14.9. The van der Waals surface area contributed by atoms with Gasteiger partial charge in [-0.3, -0.25) is 0 Å². The molecule has 0 amide bonds. The molecule has 1 atom stereocenters. The molecule has 80 valence electrons. The molecule has 1 nitrogen and oxygen atoms in total. The summed E-state index contributed by atoms with van der Waals surface area (Å²) >= 11 is 0. The minimum absolute atomic E-state index is 0.553. The second kappa shape index (κ2) is 5.23. The summed E-state index contributed by atoms with van der Waals surface area (Å²) < 4.78 is 0. The van der Waals surface area contributed by atoms with Crippen LogP contribution in [-0.2, 0) is 0 Å². The van der Waals surface area contributed by atoms with E-state index in [-0.39, 0.29) is 0 Å². The first-order valence-corrected chi connectivity index (χ1v) is 5.78. The molecule has 0 spiro atoms. The van der Waals surface area contributed by atoms with Crippen LogP contribution in [0.5, 0.6) is 0 Å². The summed E-state index contributed by atoms with van der Waals surface area (Å²) in [6.07, 6.45) is 6.02. The van der Waals surface area contributed by atoms with Gasteiger partial charge in [-0.15, -0.1) is 0 Å². The van der Waals surface area contributed by atoms with Crippen molar-refractivity contribution in [3.8, 4) is 0 Å². The van der Waals surface area contributed by atoms with E-state index in [9.17, 15) is 0 Å². The van der Waals surface area contributed by atoms with E-state index < -0.39 is 0 Å². The molecule has 14 heavy (non-hydrogen) atoms. The highest BCUT2D eigenvalue weighted by Crippen LogP contribution is 2.31. The zero-order valence-corrected chi connectivity index (χ0v) is 9.77. The second-order valence-electron chi connectivity index (χ2n) is 4.46. The van der Waals surface area contributed by atoms with E-state index in [0.717, 1.165) is 13.0 Å². The van der Waals surface area contributed by atoms with E-state index in [0.29, 0.717) is 11.8 Å². The Kier molecular flexibility index (Phi) is 4.24. The molecule has 1 heterocycles. The highest BCUT2D eigenvalue weighted by Gasteiger charge is 2.22. The summed E-state index contributed by atoms with van der Waals surface area (Å²) in [5.74, 6) is 1.21. The van der Waals surface area contributed by atoms with Gasteiger partial charge in [-0.1, -0.05) is 39.0 Å². The van der Waals surface area contributed by atoms with Gasteiger partial charge in [0, 0.05) is 18.2 Å². The van der Waals surface area contributed by atoms with Gasteiger partial charge in [-0.25, -0.2) is 0 Å². The summed E-state index contributed by atoms with van der Waals surface area (Å²) in [7, 11) is 0. The van der Waals surface area contributed by atoms with E-state index in [1.54, 1.807) is 5.57 Å². The predicted octanol–water partition coefficient (Wildman–Crippen LogP) is 3.49. The van der Waals surface area contributed by atoms with Gasteiger partial charge in [-0.2, -0.15) is 0 Å². The minimum atomic E-state index is 0.553. The van der Waals surface area contributed by atoms with Crippen LogP contribution in [0.1, 0.15) is 40.0 Å². The summed E-state index contributed by atoms with van der Waals surface area (Å²) in [5.41, 5.74) is 2.81. The SMILES string of the molecule is C=C1NCCC/C(=C/CC)[C@H]1C(C)C. The van der Waals surface area contributed by atoms with E-state index in [1.165, 1.54) is 18.5 Å². The van der Waals surface area contributed by atoms with Gasteiger partial charge in [0.1, 0.15) is 0 Å². The second-order valence-corrected chi connectivity index (χ2v) is 4.46. The van der Waals surface area contributed by atoms with Gasteiger partial charge < -0.3 is 5.32 Å². The van der Waals surface area contributed by atoms with E-state index >= 15 is 0 Å². The molecule has 0 aliphatic carbocycles. The lowest BCUT2D eigenvalue weighted by Gasteiger charge is -2.24. The fraction of sp³-hybridized carbons (Fsp3) is 0.692. The Labute approximate surface area is 88.3 Å². The lowest BCUT2D eigenvalue weighted by atomic mass is 9.84. The van der Waals surface area contributed by atoms with Crippen LogP contribution in [0.4, 0.5) is 0 Å². The molecular weight excluding hydrogens is 170 g/mol. The van der Waals surface area contributed by atoms with Crippen molar-refractivity contribution in [1.29, 1.82) is 0 Å². The van der Waals surface area contributed by atoms with Crippen LogP contribution in [0.2, 0.25) is 0 Å². The molecule has 1 heteroatoms. The molecule has 1 aliphatic rings. The molecule has 0 aromatic heterocycles. The number of allylic oxidation sites excluding steroid dienone is 2. The highest BCUT2D eigenvalue weighted by molar-refractivity contribution is 5.21. The minimum Gasteiger partial charge on any atom is -0.388 e. The Morgan fingerprint density at radius 3 is 2.86 bits per heavy atom. The number of hydrogen-bond acceptors (Lipinski definition) is 1. The van der Waals surface area contributed by atoms with Gasteiger partial charge in [0.25, 0.3) is 0 Å². The van der Waals surface area contributed by atoms with Crippen LogP contribution in [0.15, 0.2) is 23.9 Å². The maximum atomic E-state index is 4.16. The number of nitrogens with one attached hydrogen (secondary N) is 1. The maximum Gasteiger partial charge on any atom is 0.0213 e. The zero-order chi connectivity index (χ0) is 10.6. The summed E-state index contributed by atoms with van der Waals surface area (Å²) in [6.45, 7) is 12.0. The quantitative estimate of drug-likeness (QED) is 0.662. The first-order chi connectivity index (χ1) is 6.66. The van der Waals surface area contributed by atoms with Gasteiger partial charge in [-0.05, 0) is 25.2 Å². The molecule has 1 rings (SSSR count). The Morgan fingerprint density at radius 1 is 1.57 bits per heavy atom. The van der Waals surface area contributed by atoms with E-state index in [1.807, 2.05) is 0 Å². The van der Waals surface area contributed by atoms with Gasteiger partial charge in [0.05, 0.1) is 0 Å². The first kappa shape index (κ1) is 11.4. The number of rotatable bonds is 2. The maximum absolute atomic E-state index is 4.16. The Morgan fingerprint density at radius 2 is 2.29 bits per heavy atom. The Bertz CT molecular complexity index is 225. The summed E-state index contributed by atoms with van der Waals surface area (Å²) in [5, 5.41) is 3.43. The lowest BCUT2D eigenvalue weighted by molar-refractivity contribution is 0.482. The van der Waals surface area contributed by atoms with E-state index in [4.69, 9.17) is 0 Å². The summed E-state index contributed by atoms with van der Waals surface area (Å²) in [4.78, 5) is 0. The average molecular weight is 193 g/mol. The predicted molar refractivity (Wildman–Crippen MR) is 63.1 cm³/mol. The van der Waals surface area contributed by atoms with Crippen LogP contribution in [0.25, 0.3) is 0 Å². The van der Waals surface area contributed by atoms with Crippen molar-refractivity contribution in [2.24, 2.45) is 11.8 Å². The molecule has 1 saturated heterocycles. The monoisotopic (exact) mass is 193 g/mol. The van der Waals surface area contributed by atoms with Crippen LogP contribution in [0.3, 0.4) is 0 Å². The van der Waals surface area contributed by atoms with Gasteiger partial charge >= 0.3 is 0 Å². The van der Waals surface area contributed by atoms with Crippen LogP contribution < -0.4 is 5.32 Å². The average Bonchev–Trinajstić information content (AvgIpc) is 2.28. The van der Waals surface area contributed by atoms with Crippen LogP contribution >= 0.6 is 0 Å². The first-order valence-electron chi connectivity index (χ1n) is 5.78. The van der Waals surface area contributed by atoms with Crippen molar-refractivity contribution in [3.05, 3.63) is 23.9 Å². The zero-order valence-electron chi connectivity index (χ0n) is 9.77. The third-order valence-electron chi connectivity index (χ3n) is 2.90. The fourth-order valence-electron chi connectivity index (χ4n) is 2.35. The standard InChI is InChI=1S/C13H23N/c1-5-7-12-8-6-9-14-11(4)13(12)10(2)3/h7,10,13-14H,4-6,8-9H2,1-3H3/b12-7-/t13-/m0/s1. The van der Waals surface area contributed by atoms with Crippen molar-refractivity contribution in [2.45, 2.75) is 40.0 Å². The summed E-state index contributed by atoms with van der Waals surface area (Å²) in [6, 6.07) is 0. The lowest BCUT2D eigenvalue weighted by Crippen LogP contribution is -2.21. The molecule has 0 aromatic carbocycles. The Hall–Kier alpha value is -0.720. The molecular formula is C13H23N. The van der Waals surface area contributed by atoms with Gasteiger partial charge in [0.15, 0.2) is 0 Å². The van der Waals surface area contributed by atoms with Gasteiger partial charge in [0.2, 0.25) is 0 Å². The molecule has 1 aliphatic heterocycles.